The Balaban J connectivity index is 1.45. The van der Waals surface area contributed by atoms with Gasteiger partial charge in [-0.25, -0.2) is 14.2 Å². The van der Waals surface area contributed by atoms with E-state index < -0.39 is 6.03 Å². The number of halogens is 1. The Morgan fingerprint density at radius 2 is 1.96 bits per heavy atom. The maximum Gasteiger partial charge on any atom is 0.325 e. The number of anilines is 2. The maximum atomic E-state index is 12.9. The fourth-order valence-electron chi connectivity index (χ4n) is 2.79. The number of amides is 3. The van der Waals surface area contributed by atoms with Crippen molar-refractivity contribution < 1.29 is 14.0 Å². The highest BCUT2D eigenvalue weighted by molar-refractivity contribution is 7.14. The number of hydrogen-bond donors (Lipinski definition) is 3. The van der Waals surface area contributed by atoms with Crippen LogP contribution in [0.15, 0.2) is 41.3 Å². The molecular weight excluding hydrogens is 367 g/mol. The van der Waals surface area contributed by atoms with E-state index in [-0.39, 0.29) is 17.4 Å². The maximum absolute atomic E-state index is 12.9. The third-order valence-corrected chi connectivity index (χ3v) is 4.93. The Morgan fingerprint density at radius 3 is 2.70 bits per heavy atom. The molecule has 0 fully saturated rings. The Hall–Kier alpha value is -2.74. The molecule has 1 aliphatic carbocycles. The number of nitrogens with one attached hydrogen (secondary N) is 3. The summed E-state index contributed by atoms with van der Waals surface area (Å²) >= 11 is 1.17. The number of allylic oxidation sites excluding steroid dienone is 1. The number of benzene rings is 1. The number of urea groups is 1. The minimum atomic E-state index is -0.507. The van der Waals surface area contributed by atoms with Crippen LogP contribution in [0.3, 0.4) is 0 Å². The molecule has 0 saturated heterocycles. The topological polar surface area (TPSA) is 83.1 Å². The van der Waals surface area contributed by atoms with E-state index >= 15 is 0 Å². The van der Waals surface area contributed by atoms with E-state index in [1.54, 1.807) is 5.38 Å². The normalized spacial score (nSPS) is 13.6. The largest absolute Gasteiger partial charge is 0.350 e. The summed E-state index contributed by atoms with van der Waals surface area (Å²) in [6, 6.07) is 4.91. The van der Waals surface area contributed by atoms with Gasteiger partial charge >= 0.3 is 6.03 Å². The van der Waals surface area contributed by atoms with Gasteiger partial charge in [0.05, 0.1) is 0 Å². The summed E-state index contributed by atoms with van der Waals surface area (Å²) < 4.78 is 12.9. The first-order valence-electron chi connectivity index (χ1n) is 8.85. The summed E-state index contributed by atoms with van der Waals surface area (Å²) in [5.41, 5.74) is 2.13. The molecule has 1 aromatic heterocycles. The second-order valence-electron chi connectivity index (χ2n) is 6.24. The molecule has 27 heavy (non-hydrogen) atoms. The van der Waals surface area contributed by atoms with Crippen LogP contribution >= 0.6 is 11.3 Å². The summed E-state index contributed by atoms with van der Waals surface area (Å²) in [6.45, 7) is 0.579. The number of thiazole rings is 1. The fourth-order valence-corrected chi connectivity index (χ4v) is 3.47. The van der Waals surface area contributed by atoms with Crippen LogP contribution < -0.4 is 16.0 Å². The van der Waals surface area contributed by atoms with Gasteiger partial charge in [0.15, 0.2) is 5.13 Å². The zero-order chi connectivity index (χ0) is 19.1. The van der Waals surface area contributed by atoms with Gasteiger partial charge in [0.25, 0.3) is 5.91 Å². The summed E-state index contributed by atoms with van der Waals surface area (Å²) in [7, 11) is 0. The molecule has 0 unspecified atom stereocenters. The van der Waals surface area contributed by atoms with Crippen LogP contribution in [-0.4, -0.2) is 23.5 Å². The number of aromatic nitrogens is 1. The standard InChI is InChI=1S/C19H21FN4O2S/c20-14-6-8-15(9-7-14)22-18(26)24-19-23-16(12-27-19)17(25)21-11-10-13-4-2-1-3-5-13/h4,6-9,12H,1-3,5,10-11H2,(H,21,25)(H2,22,23,24,26). The molecule has 0 aliphatic heterocycles. The first-order valence-corrected chi connectivity index (χ1v) is 9.73. The molecule has 0 saturated carbocycles. The van der Waals surface area contributed by atoms with Crippen molar-refractivity contribution in [2.75, 3.05) is 17.2 Å². The quantitative estimate of drug-likeness (QED) is 0.635. The highest BCUT2D eigenvalue weighted by Gasteiger charge is 2.13. The first kappa shape index (κ1) is 19.0. The lowest BCUT2D eigenvalue weighted by Crippen LogP contribution is -2.25. The van der Waals surface area contributed by atoms with Gasteiger partial charge in [-0.1, -0.05) is 11.6 Å². The molecule has 142 valence electrons. The number of rotatable bonds is 6. The third-order valence-electron chi connectivity index (χ3n) is 4.18. The van der Waals surface area contributed by atoms with Gasteiger partial charge in [0.2, 0.25) is 0 Å². The van der Waals surface area contributed by atoms with Crippen LogP contribution in [0, 0.1) is 5.82 Å². The van der Waals surface area contributed by atoms with Gasteiger partial charge in [-0.2, -0.15) is 0 Å². The Kier molecular flexibility index (Phi) is 6.54. The summed E-state index contributed by atoms with van der Waals surface area (Å²) in [5, 5.41) is 9.91. The molecule has 2 aromatic rings. The van der Waals surface area contributed by atoms with Crippen molar-refractivity contribution in [3.05, 3.63) is 52.8 Å². The molecular formula is C19H21FN4O2S. The second-order valence-corrected chi connectivity index (χ2v) is 7.10. The first-order chi connectivity index (χ1) is 13.1. The molecule has 3 rings (SSSR count). The summed E-state index contributed by atoms with van der Waals surface area (Å²) in [5.74, 6) is -0.633. The SMILES string of the molecule is O=C(Nc1ccc(F)cc1)Nc1nc(C(=O)NCCC2=CCCCC2)cs1. The van der Waals surface area contributed by atoms with Gasteiger partial charge in [0, 0.05) is 17.6 Å². The predicted octanol–water partition coefficient (Wildman–Crippen LogP) is 4.55. The van der Waals surface area contributed by atoms with Crippen LogP contribution in [0.25, 0.3) is 0 Å². The number of carbonyl (C=O) groups is 2. The molecule has 1 aliphatic rings. The molecule has 3 amide bonds. The van der Waals surface area contributed by atoms with Crippen molar-refractivity contribution in [2.24, 2.45) is 0 Å². The van der Waals surface area contributed by atoms with Crippen LogP contribution in [0.2, 0.25) is 0 Å². The average Bonchev–Trinajstić information content (AvgIpc) is 3.13. The molecule has 0 radical (unpaired) electrons. The summed E-state index contributed by atoms with van der Waals surface area (Å²) in [6.07, 6.45) is 7.84. The highest BCUT2D eigenvalue weighted by atomic mass is 32.1. The molecule has 3 N–H and O–H groups in total. The van der Waals surface area contributed by atoms with Crippen LogP contribution in [0.5, 0.6) is 0 Å². The lowest BCUT2D eigenvalue weighted by molar-refractivity contribution is 0.0950. The lowest BCUT2D eigenvalue weighted by atomic mass is 9.97. The number of carbonyl (C=O) groups excluding carboxylic acids is 2. The second kappa shape index (κ2) is 9.27. The summed E-state index contributed by atoms with van der Waals surface area (Å²) in [4.78, 5) is 28.2. The fraction of sp³-hybridized carbons (Fsp3) is 0.316. The van der Waals surface area contributed by atoms with E-state index in [1.807, 2.05) is 0 Å². The molecule has 8 heteroatoms. The Bertz CT molecular complexity index is 832. The van der Waals surface area contributed by atoms with Crippen molar-refractivity contribution in [1.82, 2.24) is 10.3 Å². The Morgan fingerprint density at radius 1 is 1.15 bits per heavy atom. The van der Waals surface area contributed by atoms with Crippen LogP contribution in [-0.2, 0) is 0 Å². The molecule has 1 aromatic carbocycles. The van der Waals surface area contributed by atoms with E-state index in [9.17, 15) is 14.0 Å². The average molecular weight is 388 g/mol. The Labute approximate surface area is 160 Å². The number of hydrogen-bond acceptors (Lipinski definition) is 4. The smallest absolute Gasteiger partial charge is 0.325 e. The van der Waals surface area contributed by atoms with Crippen molar-refractivity contribution in [3.63, 3.8) is 0 Å². The van der Waals surface area contributed by atoms with Crippen molar-refractivity contribution >= 4 is 34.1 Å². The highest BCUT2D eigenvalue weighted by Crippen LogP contribution is 2.20. The van der Waals surface area contributed by atoms with Crippen molar-refractivity contribution in [3.8, 4) is 0 Å². The molecule has 6 nitrogen and oxygen atoms in total. The van der Waals surface area contributed by atoms with Crippen LogP contribution in [0.4, 0.5) is 20.0 Å². The molecule has 0 atom stereocenters. The van der Waals surface area contributed by atoms with Crippen molar-refractivity contribution in [2.45, 2.75) is 32.1 Å². The number of nitrogens with zero attached hydrogens (tertiary/aromatic N) is 1. The van der Waals surface area contributed by atoms with E-state index in [4.69, 9.17) is 0 Å². The minimum absolute atomic E-state index is 0.255. The van der Waals surface area contributed by atoms with E-state index in [0.717, 1.165) is 19.3 Å². The molecule has 0 spiro atoms. The van der Waals surface area contributed by atoms with E-state index in [2.05, 4.69) is 27.0 Å². The zero-order valence-corrected chi connectivity index (χ0v) is 15.6. The van der Waals surface area contributed by atoms with Gasteiger partial charge in [0.1, 0.15) is 11.5 Å². The van der Waals surface area contributed by atoms with E-state index in [0.29, 0.717) is 17.4 Å². The minimum Gasteiger partial charge on any atom is -0.350 e. The van der Waals surface area contributed by atoms with Gasteiger partial charge < -0.3 is 10.6 Å². The van der Waals surface area contributed by atoms with Gasteiger partial charge in [-0.15, -0.1) is 11.3 Å². The predicted molar refractivity (Wildman–Crippen MR) is 105 cm³/mol. The van der Waals surface area contributed by atoms with Gasteiger partial charge in [-0.05, 0) is 56.4 Å². The molecule has 1 heterocycles. The molecule has 0 bridgehead atoms. The van der Waals surface area contributed by atoms with Gasteiger partial charge in [-0.3, -0.25) is 10.1 Å². The third kappa shape index (κ3) is 5.89. The zero-order valence-electron chi connectivity index (χ0n) is 14.8. The van der Waals surface area contributed by atoms with Crippen molar-refractivity contribution in [1.29, 1.82) is 0 Å². The lowest BCUT2D eigenvalue weighted by Gasteiger charge is -2.12. The monoisotopic (exact) mass is 388 g/mol. The van der Waals surface area contributed by atoms with Crippen LogP contribution in [0.1, 0.15) is 42.6 Å². The van der Waals surface area contributed by atoms with E-state index in [1.165, 1.54) is 54.0 Å².